The van der Waals surface area contributed by atoms with Crippen LogP contribution >= 0.6 is 11.3 Å². The lowest BCUT2D eigenvalue weighted by molar-refractivity contribution is 0.100. The van der Waals surface area contributed by atoms with Crippen molar-refractivity contribution >= 4 is 28.2 Å². The number of ketones is 1. The normalized spacial score (nSPS) is 11.2. The summed E-state index contributed by atoms with van der Waals surface area (Å²) in [6.07, 6.45) is 2.98. The second kappa shape index (κ2) is 5.69. The SMILES string of the molecule is CC(=O)c1csc(NC(=O)c2cnc(C(C)(C)C)nc2)n1. The molecule has 110 valence electrons. The lowest BCUT2D eigenvalue weighted by Crippen LogP contribution is -2.18. The molecule has 2 aromatic rings. The van der Waals surface area contributed by atoms with Crippen molar-refractivity contribution in [3.05, 3.63) is 34.9 Å². The van der Waals surface area contributed by atoms with E-state index in [2.05, 4.69) is 20.3 Å². The molecule has 0 fully saturated rings. The van der Waals surface area contributed by atoms with Gasteiger partial charge in [0, 0.05) is 30.1 Å². The van der Waals surface area contributed by atoms with Crippen LogP contribution in [0.4, 0.5) is 5.13 Å². The number of carbonyl (C=O) groups excluding carboxylic acids is 2. The molecular weight excluding hydrogens is 288 g/mol. The van der Waals surface area contributed by atoms with Crippen molar-refractivity contribution < 1.29 is 9.59 Å². The lowest BCUT2D eigenvalue weighted by atomic mass is 9.96. The van der Waals surface area contributed by atoms with E-state index in [0.717, 1.165) is 0 Å². The average Bonchev–Trinajstić information content (AvgIpc) is 2.86. The van der Waals surface area contributed by atoms with Gasteiger partial charge in [-0.05, 0) is 0 Å². The van der Waals surface area contributed by atoms with Gasteiger partial charge in [0.05, 0.1) is 5.56 Å². The Balaban J connectivity index is 2.11. The molecule has 2 rings (SSSR count). The highest BCUT2D eigenvalue weighted by Crippen LogP contribution is 2.19. The molecule has 6 nitrogen and oxygen atoms in total. The van der Waals surface area contributed by atoms with E-state index < -0.39 is 0 Å². The molecule has 0 atom stereocenters. The maximum absolute atomic E-state index is 12.0. The van der Waals surface area contributed by atoms with Crippen LogP contribution in [0.3, 0.4) is 0 Å². The summed E-state index contributed by atoms with van der Waals surface area (Å²) in [6.45, 7) is 7.43. The molecule has 0 aliphatic heterocycles. The Morgan fingerprint density at radius 1 is 1.19 bits per heavy atom. The van der Waals surface area contributed by atoms with E-state index in [-0.39, 0.29) is 17.1 Å². The minimum Gasteiger partial charge on any atom is -0.298 e. The van der Waals surface area contributed by atoms with E-state index in [1.165, 1.54) is 30.7 Å². The van der Waals surface area contributed by atoms with Crippen LogP contribution in [0.25, 0.3) is 0 Å². The van der Waals surface area contributed by atoms with Crippen LogP contribution in [0.1, 0.15) is 54.4 Å². The third-order valence-corrected chi connectivity index (χ3v) is 3.43. The predicted octanol–water partition coefficient (Wildman–Crippen LogP) is 2.69. The Hall–Kier alpha value is -2.15. The smallest absolute Gasteiger partial charge is 0.260 e. The van der Waals surface area contributed by atoms with Crippen molar-refractivity contribution in [1.29, 1.82) is 0 Å². The highest BCUT2D eigenvalue weighted by molar-refractivity contribution is 7.14. The van der Waals surface area contributed by atoms with Crippen molar-refractivity contribution in [1.82, 2.24) is 15.0 Å². The summed E-state index contributed by atoms with van der Waals surface area (Å²) in [4.78, 5) is 35.6. The van der Waals surface area contributed by atoms with Crippen molar-refractivity contribution in [3.8, 4) is 0 Å². The fraction of sp³-hybridized carbons (Fsp3) is 0.357. The number of nitrogens with zero attached hydrogens (tertiary/aromatic N) is 3. The van der Waals surface area contributed by atoms with Gasteiger partial charge in [0.2, 0.25) is 0 Å². The Labute approximate surface area is 126 Å². The third-order valence-electron chi connectivity index (χ3n) is 2.67. The first-order valence-electron chi connectivity index (χ1n) is 6.37. The number of hydrogen-bond donors (Lipinski definition) is 1. The Bertz CT molecular complexity index is 671. The fourth-order valence-corrected chi connectivity index (χ4v) is 2.24. The van der Waals surface area contributed by atoms with Crippen LogP contribution in [0, 0.1) is 0 Å². The van der Waals surface area contributed by atoms with E-state index in [4.69, 9.17) is 0 Å². The maximum Gasteiger partial charge on any atom is 0.260 e. The van der Waals surface area contributed by atoms with Crippen LogP contribution < -0.4 is 5.32 Å². The van der Waals surface area contributed by atoms with E-state index in [0.29, 0.717) is 22.2 Å². The van der Waals surface area contributed by atoms with Gasteiger partial charge < -0.3 is 0 Å². The number of carbonyl (C=O) groups is 2. The zero-order chi connectivity index (χ0) is 15.6. The van der Waals surface area contributed by atoms with Crippen LogP contribution in [0.15, 0.2) is 17.8 Å². The molecule has 0 spiro atoms. The Kier molecular flexibility index (Phi) is 4.13. The van der Waals surface area contributed by atoms with Gasteiger partial charge >= 0.3 is 0 Å². The van der Waals surface area contributed by atoms with E-state index in [1.54, 1.807) is 5.38 Å². The van der Waals surface area contributed by atoms with Crippen LogP contribution in [0.5, 0.6) is 0 Å². The molecule has 21 heavy (non-hydrogen) atoms. The molecule has 0 radical (unpaired) electrons. The fourth-order valence-electron chi connectivity index (χ4n) is 1.49. The summed E-state index contributed by atoms with van der Waals surface area (Å²) in [6, 6.07) is 0. The highest BCUT2D eigenvalue weighted by atomic mass is 32.1. The van der Waals surface area contributed by atoms with Crippen LogP contribution in [-0.2, 0) is 5.41 Å². The number of nitrogens with one attached hydrogen (secondary N) is 1. The summed E-state index contributed by atoms with van der Waals surface area (Å²) in [7, 11) is 0. The topological polar surface area (TPSA) is 84.8 Å². The van der Waals surface area contributed by atoms with Gasteiger partial charge in [-0.2, -0.15) is 0 Å². The molecule has 2 heterocycles. The minimum atomic E-state index is -0.347. The van der Waals surface area contributed by atoms with Gasteiger partial charge in [0.25, 0.3) is 5.91 Å². The lowest BCUT2D eigenvalue weighted by Gasteiger charge is -2.15. The molecule has 0 unspecified atom stereocenters. The first-order valence-corrected chi connectivity index (χ1v) is 7.25. The number of thiazole rings is 1. The van der Waals surface area contributed by atoms with E-state index >= 15 is 0 Å². The number of rotatable bonds is 3. The number of amides is 1. The molecule has 1 N–H and O–H groups in total. The minimum absolute atomic E-state index is 0.135. The molecule has 0 bridgehead atoms. The van der Waals surface area contributed by atoms with Gasteiger partial charge in [0.1, 0.15) is 11.5 Å². The van der Waals surface area contributed by atoms with Crippen molar-refractivity contribution in [2.24, 2.45) is 0 Å². The summed E-state index contributed by atoms with van der Waals surface area (Å²) in [5.74, 6) is 0.191. The molecule has 0 saturated heterocycles. The van der Waals surface area contributed by atoms with Gasteiger partial charge in [-0.15, -0.1) is 11.3 Å². The average molecular weight is 304 g/mol. The van der Waals surface area contributed by atoms with Crippen LogP contribution in [0.2, 0.25) is 0 Å². The first kappa shape index (κ1) is 15.2. The molecule has 2 aromatic heterocycles. The zero-order valence-electron chi connectivity index (χ0n) is 12.3. The van der Waals surface area contributed by atoms with Crippen molar-refractivity contribution in [2.45, 2.75) is 33.1 Å². The summed E-state index contributed by atoms with van der Waals surface area (Å²) in [5.41, 5.74) is 0.526. The summed E-state index contributed by atoms with van der Waals surface area (Å²) >= 11 is 1.20. The van der Waals surface area contributed by atoms with Crippen LogP contribution in [-0.4, -0.2) is 26.6 Å². The van der Waals surface area contributed by atoms with Gasteiger partial charge in [-0.3, -0.25) is 14.9 Å². The largest absolute Gasteiger partial charge is 0.298 e. The standard InChI is InChI=1S/C14H16N4O2S/c1-8(19)10-7-21-13(17-10)18-11(20)9-5-15-12(16-6-9)14(2,3)4/h5-7H,1-4H3,(H,17,18,20). The molecule has 7 heteroatoms. The van der Waals surface area contributed by atoms with E-state index in [1.807, 2.05) is 20.8 Å². The van der Waals surface area contributed by atoms with Gasteiger partial charge in [-0.25, -0.2) is 15.0 Å². The Morgan fingerprint density at radius 3 is 2.29 bits per heavy atom. The summed E-state index contributed by atoms with van der Waals surface area (Å²) in [5, 5.41) is 4.62. The first-order chi connectivity index (χ1) is 9.77. The van der Waals surface area contributed by atoms with E-state index in [9.17, 15) is 9.59 Å². The monoisotopic (exact) mass is 304 g/mol. The van der Waals surface area contributed by atoms with Gasteiger partial charge in [0.15, 0.2) is 10.9 Å². The molecule has 0 aliphatic carbocycles. The second-order valence-electron chi connectivity index (χ2n) is 5.59. The molecular formula is C14H16N4O2S. The van der Waals surface area contributed by atoms with Crippen molar-refractivity contribution in [3.63, 3.8) is 0 Å². The van der Waals surface area contributed by atoms with Crippen molar-refractivity contribution in [2.75, 3.05) is 5.32 Å². The highest BCUT2D eigenvalue weighted by Gasteiger charge is 2.18. The molecule has 1 amide bonds. The number of aromatic nitrogens is 3. The number of anilines is 1. The molecule has 0 saturated carbocycles. The maximum atomic E-state index is 12.0. The zero-order valence-corrected chi connectivity index (χ0v) is 13.1. The second-order valence-corrected chi connectivity index (χ2v) is 6.45. The van der Waals surface area contributed by atoms with Gasteiger partial charge in [-0.1, -0.05) is 20.8 Å². The number of hydrogen-bond acceptors (Lipinski definition) is 6. The predicted molar refractivity (Wildman–Crippen MR) is 80.8 cm³/mol. The molecule has 0 aromatic carbocycles. The molecule has 0 aliphatic rings. The third kappa shape index (κ3) is 3.69. The quantitative estimate of drug-likeness (QED) is 0.881. The number of Topliss-reactive ketones (excluding diaryl/α,β-unsaturated/α-hetero) is 1. The summed E-state index contributed by atoms with van der Waals surface area (Å²) < 4.78 is 0. The Morgan fingerprint density at radius 2 is 1.81 bits per heavy atom.